The molecule has 110 valence electrons. The summed E-state index contributed by atoms with van der Waals surface area (Å²) < 4.78 is 19.4. The molecule has 0 saturated heterocycles. The Labute approximate surface area is 126 Å². The maximum absolute atomic E-state index is 14.1. The largest absolute Gasteiger partial charge is 0.496 e. The van der Waals surface area contributed by atoms with Crippen molar-refractivity contribution in [2.45, 2.75) is 26.7 Å². The van der Waals surface area contributed by atoms with Gasteiger partial charge >= 0.3 is 0 Å². The van der Waals surface area contributed by atoms with E-state index in [0.29, 0.717) is 27.6 Å². The van der Waals surface area contributed by atoms with Crippen molar-refractivity contribution in [3.63, 3.8) is 0 Å². The van der Waals surface area contributed by atoms with Crippen molar-refractivity contribution in [2.24, 2.45) is 5.41 Å². The zero-order valence-corrected chi connectivity index (χ0v) is 13.0. The van der Waals surface area contributed by atoms with Crippen LogP contribution in [0.25, 0.3) is 10.6 Å². The monoisotopic (exact) mass is 305 g/mol. The zero-order valence-electron chi connectivity index (χ0n) is 12.2. The highest BCUT2D eigenvalue weighted by Crippen LogP contribution is 2.42. The van der Waals surface area contributed by atoms with Gasteiger partial charge in [-0.1, -0.05) is 19.9 Å². The van der Waals surface area contributed by atoms with Gasteiger partial charge in [0.1, 0.15) is 16.6 Å². The molecule has 0 bridgehead atoms. The second-order valence-electron chi connectivity index (χ2n) is 6.05. The SMILES string of the molecule is COc1cccc(F)c1-c1nc2c(s1)C(=O)CC(C)(C)C2. The molecule has 0 N–H and O–H groups in total. The number of halogens is 1. The molecule has 3 rings (SSSR count). The van der Waals surface area contributed by atoms with Crippen LogP contribution in [-0.2, 0) is 6.42 Å². The number of nitrogens with zero attached hydrogens (tertiary/aromatic N) is 1. The molecule has 0 fully saturated rings. The molecular formula is C16H16FNO2S. The van der Waals surface area contributed by atoms with Gasteiger partial charge in [0.25, 0.3) is 0 Å². The van der Waals surface area contributed by atoms with Crippen LogP contribution in [-0.4, -0.2) is 17.9 Å². The number of methoxy groups -OCH3 is 1. The van der Waals surface area contributed by atoms with Crippen LogP contribution in [0, 0.1) is 11.2 Å². The molecule has 2 aromatic rings. The lowest BCUT2D eigenvalue weighted by Crippen LogP contribution is -2.25. The predicted molar refractivity (Wildman–Crippen MR) is 80.5 cm³/mol. The van der Waals surface area contributed by atoms with Gasteiger partial charge in [-0.2, -0.15) is 0 Å². The van der Waals surface area contributed by atoms with Crippen LogP contribution in [0.1, 0.15) is 35.6 Å². The molecule has 0 radical (unpaired) electrons. The van der Waals surface area contributed by atoms with E-state index in [1.807, 2.05) is 0 Å². The molecule has 1 aliphatic carbocycles. The number of ether oxygens (including phenoxy) is 1. The summed E-state index contributed by atoms with van der Waals surface area (Å²) in [6, 6.07) is 4.67. The van der Waals surface area contributed by atoms with E-state index in [2.05, 4.69) is 18.8 Å². The van der Waals surface area contributed by atoms with Gasteiger partial charge in [-0.3, -0.25) is 4.79 Å². The van der Waals surface area contributed by atoms with Crippen molar-refractivity contribution in [1.82, 2.24) is 4.98 Å². The fraction of sp³-hybridized carbons (Fsp3) is 0.375. The van der Waals surface area contributed by atoms with E-state index in [1.54, 1.807) is 12.1 Å². The molecule has 21 heavy (non-hydrogen) atoms. The van der Waals surface area contributed by atoms with Crippen molar-refractivity contribution in [3.8, 4) is 16.3 Å². The average Bonchev–Trinajstić information content (AvgIpc) is 2.80. The summed E-state index contributed by atoms with van der Waals surface area (Å²) in [6.45, 7) is 4.10. The van der Waals surface area contributed by atoms with Crippen LogP contribution in [0.5, 0.6) is 5.75 Å². The quantitative estimate of drug-likeness (QED) is 0.838. The standard InChI is InChI=1S/C16H16FNO2S/c1-16(2)7-10-14(11(19)8-16)21-15(18-10)13-9(17)5-4-6-12(13)20-3/h4-6H,7-8H2,1-3H3. The van der Waals surface area contributed by atoms with E-state index < -0.39 is 0 Å². The van der Waals surface area contributed by atoms with E-state index in [-0.39, 0.29) is 17.0 Å². The minimum atomic E-state index is -0.382. The van der Waals surface area contributed by atoms with Crippen molar-refractivity contribution < 1.29 is 13.9 Å². The summed E-state index contributed by atoms with van der Waals surface area (Å²) in [5.74, 6) is 0.153. The number of rotatable bonds is 2. The molecule has 0 spiro atoms. The third-order valence-corrected chi connectivity index (χ3v) is 4.80. The number of hydrogen-bond donors (Lipinski definition) is 0. The fourth-order valence-corrected chi connectivity index (χ4v) is 3.78. The minimum absolute atomic E-state index is 0.0885. The van der Waals surface area contributed by atoms with Crippen molar-refractivity contribution in [2.75, 3.05) is 7.11 Å². The molecule has 0 aliphatic heterocycles. The number of carbonyl (C=O) groups is 1. The highest BCUT2D eigenvalue weighted by molar-refractivity contribution is 7.17. The molecule has 1 aliphatic rings. The summed E-state index contributed by atoms with van der Waals surface area (Å²) in [5, 5.41) is 0.515. The molecule has 5 heteroatoms. The van der Waals surface area contributed by atoms with Gasteiger partial charge in [-0.15, -0.1) is 11.3 Å². The molecule has 0 unspecified atom stereocenters. The molecule has 0 amide bonds. The number of ketones is 1. The van der Waals surface area contributed by atoms with Crippen LogP contribution < -0.4 is 4.74 Å². The molecule has 1 aromatic heterocycles. The van der Waals surface area contributed by atoms with Gasteiger partial charge in [-0.25, -0.2) is 9.37 Å². The maximum atomic E-state index is 14.1. The van der Waals surface area contributed by atoms with E-state index in [1.165, 1.54) is 24.5 Å². The van der Waals surface area contributed by atoms with Crippen LogP contribution >= 0.6 is 11.3 Å². The van der Waals surface area contributed by atoms with Crippen LogP contribution in [0.3, 0.4) is 0 Å². The molecular weight excluding hydrogens is 289 g/mol. The Morgan fingerprint density at radius 3 is 2.81 bits per heavy atom. The predicted octanol–water partition coefficient (Wildman–Crippen LogP) is 4.11. The highest BCUT2D eigenvalue weighted by atomic mass is 32.1. The Kier molecular flexibility index (Phi) is 3.32. The Morgan fingerprint density at radius 2 is 2.10 bits per heavy atom. The first-order valence-corrected chi connectivity index (χ1v) is 7.59. The number of Topliss-reactive ketones (excluding diaryl/α,β-unsaturated/α-hetero) is 1. The van der Waals surface area contributed by atoms with Gasteiger partial charge < -0.3 is 4.74 Å². The van der Waals surface area contributed by atoms with E-state index in [4.69, 9.17) is 4.74 Å². The zero-order chi connectivity index (χ0) is 15.2. The first kappa shape index (κ1) is 14.2. The maximum Gasteiger partial charge on any atom is 0.175 e. The summed E-state index contributed by atoms with van der Waals surface area (Å²) in [6.07, 6.45) is 1.25. The topological polar surface area (TPSA) is 39.2 Å². The third-order valence-electron chi connectivity index (χ3n) is 3.64. The Balaban J connectivity index is 2.13. The number of aromatic nitrogens is 1. The van der Waals surface area contributed by atoms with Gasteiger partial charge in [0.05, 0.1) is 23.2 Å². The lowest BCUT2D eigenvalue weighted by Gasteiger charge is -2.26. The second-order valence-corrected chi connectivity index (χ2v) is 7.05. The number of benzene rings is 1. The minimum Gasteiger partial charge on any atom is -0.496 e. The lowest BCUT2D eigenvalue weighted by atomic mass is 9.78. The van der Waals surface area contributed by atoms with E-state index in [0.717, 1.165) is 12.1 Å². The lowest BCUT2D eigenvalue weighted by molar-refractivity contribution is 0.0916. The van der Waals surface area contributed by atoms with Gasteiger partial charge in [0, 0.05) is 6.42 Å². The van der Waals surface area contributed by atoms with Crippen LogP contribution in [0.2, 0.25) is 0 Å². The second kappa shape index (κ2) is 4.91. The van der Waals surface area contributed by atoms with Gasteiger partial charge in [0.15, 0.2) is 5.78 Å². The normalized spacial score (nSPS) is 16.7. The van der Waals surface area contributed by atoms with Crippen molar-refractivity contribution >= 4 is 17.1 Å². The number of fused-ring (bicyclic) bond motifs is 1. The first-order chi connectivity index (χ1) is 9.91. The first-order valence-electron chi connectivity index (χ1n) is 6.77. The number of carbonyl (C=O) groups excluding carboxylic acids is 1. The smallest absolute Gasteiger partial charge is 0.175 e. The number of thiazole rings is 1. The highest BCUT2D eigenvalue weighted by Gasteiger charge is 2.34. The van der Waals surface area contributed by atoms with Crippen molar-refractivity contribution in [1.29, 1.82) is 0 Å². The number of hydrogen-bond acceptors (Lipinski definition) is 4. The van der Waals surface area contributed by atoms with Crippen molar-refractivity contribution in [3.05, 3.63) is 34.6 Å². The Hall–Kier alpha value is -1.75. The molecule has 0 saturated carbocycles. The van der Waals surface area contributed by atoms with Gasteiger partial charge in [-0.05, 0) is 24.0 Å². The molecule has 0 atom stereocenters. The Bertz CT molecular complexity index is 721. The van der Waals surface area contributed by atoms with Crippen LogP contribution in [0.4, 0.5) is 4.39 Å². The van der Waals surface area contributed by atoms with Crippen LogP contribution in [0.15, 0.2) is 18.2 Å². The summed E-state index contributed by atoms with van der Waals surface area (Å²) in [5.41, 5.74) is 1.03. The Morgan fingerprint density at radius 1 is 1.33 bits per heavy atom. The average molecular weight is 305 g/mol. The molecule has 1 heterocycles. The summed E-state index contributed by atoms with van der Waals surface area (Å²) in [4.78, 5) is 17.4. The third kappa shape index (κ3) is 2.46. The molecule has 3 nitrogen and oxygen atoms in total. The van der Waals surface area contributed by atoms with E-state index >= 15 is 0 Å². The van der Waals surface area contributed by atoms with Gasteiger partial charge in [0.2, 0.25) is 0 Å². The molecule has 1 aromatic carbocycles. The summed E-state index contributed by atoms with van der Waals surface area (Å²) in [7, 11) is 1.50. The van der Waals surface area contributed by atoms with E-state index in [9.17, 15) is 9.18 Å². The fourth-order valence-electron chi connectivity index (χ4n) is 2.71. The summed E-state index contributed by atoms with van der Waals surface area (Å²) >= 11 is 1.26.